The fraction of sp³-hybridized carbons (Fsp3) is 0.720. The molecule has 0 aromatic rings. The smallest absolute Gasteiger partial charge is 0.305 e. The summed E-state index contributed by atoms with van der Waals surface area (Å²) in [6, 6.07) is 0. The van der Waals surface area contributed by atoms with Gasteiger partial charge in [-0.1, -0.05) is 39.2 Å². The zero-order chi connectivity index (χ0) is 22.6. The lowest BCUT2D eigenvalue weighted by molar-refractivity contribution is -0.148. The summed E-state index contributed by atoms with van der Waals surface area (Å²) in [4.78, 5) is 35.3. The Bertz CT molecular complexity index is 665. The maximum Gasteiger partial charge on any atom is 0.305 e. The molecule has 1 fully saturated rings. The van der Waals surface area contributed by atoms with Gasteiger partial charge in [0.2, 0.25) is 0 Å². The van der Waals surface area contributed by atoms with Crippen LogP contribution in [0.1, 0.15) is 85.5 Å². The molecule has 0 heterocycles. The van der Waals surface area contributed by atoms with E-state index in [0.29, 0.717) is 12.8 Å². The maximum absolute atomic E-state index is 12.6. The highest BCUT2D eigenvalue weighted by Crippen LogP contribution is 2.39. The van der Waals surface area contributed by atoms with E-state index in [1.54, 1.807) is 13.0 Å². The first-order valence-electron chi connectivity index (χ1n) is 11.1. The van der Waals surface area contributed by atoms with Crippen LogP contribution in [0.2, 0.25) is 0 Å². The summed E-state index contributed by atoms with van der Waals surface area (Å²) in [5.41, 5.74) is -0.497. The van der Waals surface area contributed by atoms with Crippen molar-refractivity contribution in [3.05, 3.63) is 12.2 Å². The van der Waals surface area contributed by atoms with Gasteiger partial charge in [-0.25, -0.2) is 0 Å². The molecule has 0 amide bonds. The molecule has 168 valence electrons. The van der Waals surface area contributed by atoms with Gasteiger partial charge in [-0.05, 0) is 44.6 Å². The Morgan fingerprint density at radius 2 is 1.80 bits per heavy atom. The highest BCUT2D eigenvalue weighted by Gasteiger charge is 2.36. The summed E-state index contributed by atoms with van der Waals surface area (Å²) in [7, 11) is 1.41. The normalized spacial score (nSPS) is 21.2. The number of allylic oxidation sites excluding steroid dienone is 2. The number of ether oxygens (including phenoxy) is 2. The Kier molecular flexibility index (Phi) is 11.5. The SMILES string of the molecule is CC#CCC(C)(C)C(=O)C=C[C@H]1CC[C@H](OC(C)=O)[C@@H]1CCCCCCC(=O)OC. The summed E-state index contributed by atoms with van der Waals surface area (Å²) in [6.07, 6.45) is 11.2. The van der Waals surface area contributed by atoms with E-state index in [4.69, 9.17) is 4.74 Å². The second-order valence-electron chi connectivity index (χ2n) is 8.79. The third-order valence-electron chi connectivity index (χ3n) is 5.89. The van der Waals surface area contributed by atoms with Crippen LogP contribution in [0.4, 0.5) is 0 Å². The summed E-state index contributed by atoms with van der Waals surface area (Å²) in [6.45, 7) is 7.08. The standard InChI is InChI=1S/C25H38O5/c1-6-7-18-25(3,4)23(27)17-15-20-14-16-22(30-19(2)26)21(20)12-10-8-9-11-13-24(28)29-5/h15,17,20-22H,8-14,16,18H2,1-5H3/t20-,21-,22+/m1/s1. The first-order valence-corrected chi connectivity index (χ1v) is 11.1. The molecule has 0 aliphatic heterocycles. The fourth-order valence-corrected chi connectivity index (χ4v) is 4.00. The van der Waals surface area contributed by atoms with Gasteiger partial charge in [0, 0.05) is 31.1 Å². The van der Waals surface area contributed by atoms with Crippen LogP contribution in [0, 0.1) is 29.1 Å². The van der Waals surface area contributed by atoms with Crippen molar-refractivity contribution in [3.63, 3.8) is 0 Å². The number of methoxy groups -OCH3 is 1. The lowest BCUT2D eigenvalue weighted by atomic mass is 9.83. The minimum atomic E-state index is -0.497. The summed E-state index contributed by atoms with van der Waals surface area (Å²) in [5.74, 6) is 6.00. The van der Waals surface area contributed by atoms with E-state index in [9.17, 15) is 14.4 Å². The van der Waals surface area contributed by atoms with E-state index in [2.05, 4.69) is 16.6 Å². The summed E-state index contributed by atoms with van der Waals surface area (Å²) in [5, 5.41) is 0. The molecule has 0 radical (unpaired) electrons. The van der Waals surface area contributed by atoms with Crippen molar-refractivity contribution in [1.29, 1.82) is 0 Å². The Hall–Kier alpha value is -2.09. The van der Waals surface area contributed by atoms with Gasteiger partial charge in [0.25, 0.3) is 0 Å². The number of ketones is 1. The lowest BCUT2D eigenvalue weighted by Crippen LogP contribution is -2.25. The monoisotopic (exact) mass is 418 g/mol. The van der Waals surface area contributed by atoms with Crippen LogP contribution < -0.4 is 0 Å². The van der Waals surface area contributed by atoms with E-state index >= 15 is 0 Å². The van der Waals surface area contributed by atoms with Gasteiger partial charge in [-0.3, -0.25) is 14.4 Å². The first kappa shape index (κ1) is 25.9. The second-order valence-corrected chi connectivity index (χ2v) is 8.79. The Morgan fingerprint density at radius 1 is 1.10 bits per heavy atom. The largest absolute Gasteiger partial charge is 0.469 e. The molecule has 1 saturated carbocycles. The van der Waals surface area contributed by atoms with Gasteiger partial charge in [0.05, 0.1) is 7.11 Å². The molecule has 0 N–H and O–H groups in total. The number of hydrogen-bond acceptors (Lipinski definition) is 5. The van der Waals surface area contributed by atoms with Crippen molar-refractivity contribution in [2.45, 2.75) is 91.6 Å². The number of hydrogen-bond donors (Lipinski definition) is 0. The van der Waals surface area contributed by atoms with Crippen molar-refractivity contribution in [1.82, 2.24) is 0 Å². The first-order chi connectivity index (χ1) is 14.2. The van der Waals surface area contributed by atoms with Crippen LogP contribution >= 0.6 is 0 Å². The number of rotatable bonds is 12. The summed E-state index contributed by atoms with van der Waals surface area (Å²) < 4.78 is 10.2. The van der Waals surface area contributed by atoms with Crippen LogP contribution in [-0.2, 0) is 23.9 Å². The zero-order valence-corrected chi connectivity index (χ0v) is 19.3. The molecule has 0 unspecified atom stereocenters. The predicted octanol–water partition coefficient (Wildman–Crippen LogP) is 5.02. The molecule has 0 spiro atoms. The van der Waals surface area contributed by atoms with Crippen molar-refractivity contribution >= 4 is 17.7 Å². The van der Waals surface area contributed by atoms with Crippen LogP contribution in [0.3, 0.4) is 0 Å². The number of unbranched alkanes of at least 4 members (excludes halogenated alkanes) is 3. The quantitative estimate of drug-likeness (QED) is 0.193. The highest BCUT2D eigenvalue weighted by molar-refractivity contribution is 5.94. The van der Waals surface area contributed by atoms with E-state index in [-0.39, 0.29) is 35.7 Å². The predicted molar refractivity (Wildman–Crippen MR) is 117 cm³/mol. The second kappa shape index (κ2) is 13.3. The molecule has 0 bridgehead atoms. The number of carbonyl (C=O) groups is 3. The molecule has 0 aromatic carbocycles. The van der Waals surface area contributed by atoms with Crippen LogP contribution in [0.15, 0.2) is 12.2 Å². The fourth-order valence-electron chi connectivity index (χ4n) is 4.00. The third-order valence-corrected chi connectivity index (χ3v) is 5.89. The zero-order valence-electron chi connectivity index (χ0n) is 19.3. The molecule has 0 saturated heterocycles. The average Bonchev–Trinajstić information content (AvgIpc) is 3.07. The van der Waals surface area contributed by atoms with Crippen LogP contribution in [0.5, 0.6) is 0 Å². The third kappa shape index (κ3) is 9.15. The van der Waals surface area contributed by atoms with Gasteiger partial charge >= 0.3 is 11.9 Å². The molecule has 1 aliphatic rings. The molecule has 5 heteroatoms. The van der Waals surface area contributed by atoms with Gasteiger partial charge in [-0.15, -0.1) is 11.8 Å². The van der Waals surface area contributed by atoms with Crippen molar-refractivity contribution in [2.24, 2.45) is 17.3 Å². The molecule has 3 atom stereocenters. The van der Waals surface area contributed by atoms with Crippen molar-refractivity contribution in [3.8, 4) is 11.8 Å². The minimum absolute atomic E-state index is 0.0821. The average molecular weight is 419 g/mol. The molecule has 0 aromatic heterocycles. The van der Waals surface area contributed by atoms with E-state index < -0.39 is 5.41 Å². The Morgan fingerprint density at radius 3 is 2.43 bits per heavy atom. The maximum atomic E-state index is 12.6. The van der Waals surface area contributed by atoms with Gasteiger partial charge in [0.1, 0.15) is 6.10 Å². The van der Waals surface area contributed by atoms with Gasteiger partial charge in [0.15, 0.2) is 5.78 Å². The van der Waals surface area contributed by atoms with Crippen LogP contribution in [0.25, 0.3) is 0 Å². The molecular weight excluding hydrogens is 380 g/mol. The minimum Gasteiger partial charge on any atom is -0.469 e. The molecule has 30 heavy (non-hydrogen) atoms. The molecule has 1 aliphatic carbocycles. The van der Waals surface area contributed by atoms with Gasteiger partial charge in [-0.2, -0.15) is 0 Å². The Labute approximate surface area is 182 Å². The molecule has 5 nitrogen and oxygen atoms in total. The van der Waals surface area contributed by atoms with E-state index in [0.717, 1.165) is 44.9 Å². The Balaban J connectivity index is 2.64. The van der Waals surface area contributed by atoms with Crippen molar-refractivity contribution in [2.75, 3.05) is 7.11 Å². The molecule has 1 rings (SSSR count). The van der Waals surface area contributed by atoms with Crippen molar-refractivity contribution < 1.29 is 23.9 Å². The van der Waals surface area contributed by atoms with Gasteiger partial charge < -0.3 is 9.47 Å². The van der Waals surface area contributed by atoms with Crippen LogP contribution in [-0.4, -0.2) is 30.9 Å². The highest BCUT2D eigenvalue weighted by atomic mass is 16.5. The van der Waals surface area contributed by atoms with E-state index in [1.165, 1.54) is 14.0 Å². The topological polar surface area (TPSA) is 69.7 Å². The lowest BCUT2D eigenvalue weighted by Gasteiger charge is -2.23. The summed E-state index contributed by atoms with van der Waals surface area (Å²) >= 11 is 0. The number of carbonyl (C=O) groups excluding carboxylic acids is 3. The number of esters is 2. The van der Waals surface area contributed by atoms with E-state index in [1.807, 2.05) is 19.9 Å². The molecular formula is C25H38O5.